The molecule has 0 bridgehead atoms. The van der Waals surface area contributed by atoms with E-state index in [-0.39, 0.29) is 6.04 Å². The number of ether oxygens (including phenoxy) is 1. The number of aryl methyl sites for hydroxylation is 1. The molecule has 2 heterocycles. The van der Waals surface area contributed by atoms with Crippen LogP contribution in [0.2, 0.25) is 0 Å². The number of benzene rings is 1. The Balaban J connectivity index is 0.000000146. The summed E-state index contributed by atoms with van der Waals surface area (Å²) in [5.41, 5.74) is 9.38. The highest BCUT2D eigenvalue weighted by Gasteiger charge is 2.16. The predicted molar refractivity (Wildman–Crippen MR) is 101 cm³/mol. The van der Waals surface area contributed by atoms with Crippen molar-refractivity contribution >= 4 is 22.2 Å². The lowest BCUT2D eigenvalue weighted by molar-refractivity contribution is 0.0662. The van der Waals surface area contributed by atoms with Crippen LogP contribution >= 0.6 is 15.9 Å². The van der Waals surface area contributed by atoms with Gasteiger partial charge in [0.2, 0.25) is 0 Å². The summed E-state index contributed by atoms with van der Waals surface area (Å²) in [6, 6.07) is 7.08. The first-order valence-corrected chi connectivity index (χ1v) is 9.57. The van der Waals surface area contributed by atoms with Gasteiger partial charge in [-0.2, -0.15) is 5.10 Å². The van der Waals surface area contributed by atoms with Gasteiger partial charge in [0, 0.05) is 29.9 Å². The van der Waals surface area contributed by atoms with Crippen molar-refractivity contribution in [1.29, 1.82) is 0 Å². The largest absolute Gasteiger partial charge is 0.381 e. The number of fused-ring (bicyclic) bond motifs is 1. The quantitative estimate of drug-likeness (QED) is 0.770. The first-order valence-electron chi connectivity index (χ1n) is 8.78. The fraction of sp³-hybridized carbons (Fsp3) is 0.474. The summed E-state index contributed by atoms with van der Waals surface area (Å²) in [5.74, 6) is 0. The minimum Gasteiger partial charge on any atom is -0.381 e. The average molecular weight is 406 g/mol. The van der Waals surface area contributed by atoms with Crippen LogP contribution in [0.25, 0.3) is 0 Å². The van der Waals surface area contributed by atoms with Gasteiger partial charge in [0.15, 0.2) is 6.29 Å². The lowest BCUT2D eigenvalue weighted by Gasteiger charge is -2.22. The van der Waals surface area contributed by atoms with Gasteiger partial charge in [-0.25, -0.2) is 0 Å². The van der Waals surface area contributed by atoms with E-state index in [9.17, 15) is 4.79 Å². The maximum Gasteiger partial charge on any atom is 0.153 e. The zero-order chi connectivity index (χ0) is 17.6. The second-order valence-corrected chi connectivity index (χ2v) is 7.47. The molecule has 1 aliphatic heterocycles. The Labute approximate surface area is 156 Å². The molecule has 2 aromatic rings. The summed E-state index contributed by atoms with van der Waals surface area (Å²) in [4.78, 5) is 10.4. The number of nitrogens with two attached hydrogens (primary N) is 1. The number of aromatic nitrogens is 2. The van der Waals surface area contributed by atoms with Crippen LogP contribution in [0.3, 0.4) is 0 Å². The molecule has 1 fully saturated rings. The van der Waals surface area contributed by atoms with Crippen LogP contribution in [0, 0.1) is 0 Å². The highest BCUT2D eigenvalue weighted by molar-refractivity contribution is 9.10. The van der Waals surface area contributed by atoms with E-state index in [1.807, 2.05) is 4.68 Å². The number of carbonyl (C=O) groups excluding carboxylic acids is 1. The van der Waals surface area contributed by atoms with E-state index in [2.05, 4.69) is 39.2 Å². The molecular weight excluding hydrogens is 382 g/mol. The van der Waals surface area contributed by atoms with Gasteiger partial charge >= 0.3 is 0 Å². The van der Waals surface area contributed by atoms with Crippen LogP contribution in [0.15, 0.2) is 35.1 Å². The highest BCUT2D eigenvalue weighted by atomic mass is 79.9. The van der Waals surface area contributed by atoms with Gasteiger partial charge in [0.1, 0.15) is 0 Å². The Bertz CT molecular complexity index is 710. The van der Waals surface area contributed by atoms with Gasteiger partial charge in [0.05, 0.1) is 17.8 Å². The summed E-state index contributed by atoms with van der Waals surface area (Å²) >= 11 is 3.47. The van der Waals surface area contributed by atoms with Crippen LogP contribution < -0.4 is 5.73 Å². The van der Waals surface area contributed by atoms with E-state index in [1.165, 1.54) is 24.0 Å². The van der Waals surface area contributed by atoms with Crippen molar-refractivity contribution in [3.05, 3.63) is 51.8 Å². The van der Waals surface area contributed by atoms with E-state index < -0.39 is 0 Å². The number of rotatable bonds is 2. The summed E-state index contributed by atoms with van der Waals surface area (Å²) in [7, 11) is 0. The van der Waals surface area contributed by atoms with E-state index >= 15 is 0 Å². The molecule has 25 heavy (non-hydrogen) atoms. The minimum atomic E-state index is 0.266. The molecule has 0 spiro atoms. The lowest BCUT2D eigenvalue weighted by atomic mass is 9.88. The Kier molecular flexibility index (Phi) is 6.39. The zero-order valence-corrected chi connectivity index (χ0v) is 15.8. The van der Waals surface area contributed by atoms with Gasteiger partial charge in [0.25, 0.3) is 0 Å². The lowest BCUT2D eigenvalue weighted by Crippen LogP contribution is -2.19. The third-order valence-electron chi connectivity index (χ3n) is 4.79. The van der Waals surface area contributed by atoms with Crippen molar-refractivity contribution in [3.63, 3.8) is 0 Å². The number of aldehydes is 1. The van der Waals surface area contributed by atoms with E-state index in [4.69, 9.17) is 10.5 Å². The van der Waals surface area contributed by atoms with Gasteiger partial charge < -0.3 is 10.5 Å². The number of hydrogen-bond donors (Lipinski definition) is 1. The van der Waals surface area contributed by atoms with Crippen LogP contribution in [0.1, 0.15) is 59.3 Å². The first-order chi connectivity index (χ1) is 12.2. The van der Waals surface area contributed by atoms with Gasteiger partial charge in [-0.15, -0.1) is 0 Å². The van der Waals surface area contributed by atoms with Crippen LogP contribution in [0.5, 0.6) is 0 Å². The summed E-state index contributed by atoms with van der Waals surface area (Å²) < 4.78 is 8.27. The fourth-order valence-corrected chi connectivity index (χ4v) is 3.79. The van der Waals surface area contributed by atoms with Crippen molar-refractivity contribution in [2.45, 2.75) is 44.2 Å². The average Bonchev–Trinajstić information content (AvgIpc) is 3.12. The molecule has 1 unspecified atom stereocenters. The van der Waals surface area contributed by atoms with Crippen molar-refractivity contribution in [2.24, 2.45) is 5.73 Å². The molecule has 1 saturated heterocycles. The molecule has 1 aromatic carbocycles. The Morgan fingerprint density at radius 1 is 1.28 bits per heavy atom. The Morgan fingerprint density at radius 3 is 2.80 bits per heavy atom. The second kappa shape index (κ2) is 8.74. The molecule has 1 atom stereocenters. The standard InChI is InChI=1S/C10H12BrN.C9H12N2O2/c11-8-4-5-9-7(6-8)2-1-3-10(9)12;12-7-8-5-10-11(6-8)9-1-3-13-4-2-9/h4-6,10H,1-3,12H2;5-7,9H,1-4H2. The van der Waals surface area contributed by atoms with Gasteiger partial charge in [-0.05, 0) is 55.4 Å². The fourth-order valence-electron chi connectivity index (χ4n) is 3.38. The Hall–Kier alpha value is -1.50. The van der Waals surface area contributed by atoms with Crippen molar-refractivity contribution in [1.82, 2.24) is 9.78 Å². The van der Waals surface area contributed by atoms with Crippen molar-refractivity contribution in [2.75, 3.05) is 13.2 Å². The molecular formula is C19H24BrN3O2. The molecule has 2 N–H and O–H groups in total. The maximum atomic E-state index is 10.4. The van der Waals surface area contributed by atoms with Crippen LogP contribution in [0.4, 0.5) is 0 Å². The second-order valence-electron chi connectivity index (χ2n) is 6.56. The predicted octanol–water partition coefficient (Wildman–Crippen LogP) is 3.83. The molecule has 2 aliphatic rings. The Morgan fingerprint density at radius 2 is 2.08 bits per heavy atom. The molecule has 134 valence electrons. The summed E-state index contributed by atoms with van der Waals surface area (Å²) in [6.07, 6.45) is 9.73. The molecule has 1 aromatic heterocycles. The number of hydrogen-bond acceptors (Lipinski definition) is 4. The van der Waals surface area contributed by atoms with Crippen molar-refractivity contribution in [3.8, 4) is 0 Å². The molecule has 0 radical (unpaired) electrons. The topological polar surface area (TPSA) is 70.1 Å². The van der Waals surface area contributed by atoms with Gasteiger partial charge in [-0.3, -0.25) is 9.48 Å². The molecule has 0 amide bonds. The molecule has 0 saturated carbocycles. The van der Waals surface area contributed by atoms with Crippen molar-refractivity contribution < 1.29 is 9.53 Å². The third-order valence-corrected chi connectivity index (χ3v) is 5.28. The highest BCUT2D eigenvalue weighted by Crippen LogP contribution is 2.29. The summed E-state index contributed by atoms with van der Waals surface area (Å²) in [6.45, 7) is 1.59. The number of halogens is 1. The summed E-state index contributed by atoms with van der Waals surface area (Å²) in [5, 5.41) is 4.14. The third kappa shape index (κ3) is 4.77. The molecule has 6 heteroatoms. The smallest absolute Gasteiger partial charge is 0.153 e. The van der Waals surface area contributed by atoms with E-state index in [0.717, 1.165) is 43.2 Å². The molecule has 1 aliphatic carbocycles. The van der Waals surface area contributed by atoms with Gasteiger partial charge in [-0.1, -0.05) is 22.0 Å². The normalized spacial score (nSPS) is 20.3. The number of carbonyl (C=O) groups is 1. The van der Waals surface area contributed by atoms with E-state index in [0.29, 0.717) is 11.6 Å². The van der Waals surface area contributed by atoms with Crippen LogP contribution in [-0.4, -0.2) is 29.3 Å². The first kappa shape index (κ1) is 18.3. The monoisotopic (exact) mass is 405 g/mol. The molecule has 4 rings (SSSR count). The minimum absolute atomic E-state index is 0.266. The SMILES string of the molecule is NC1CCCc2cc(Br)ccc21.O=Cc1cnn(C2CCOCC2)c1. The number of nitrogens with zero attached hydrogens (tertiary/aromatic N) is 2. The van der Waals surface area contributed by atoms with Crippen LogP contribution in [-0.2, 0) is 11.2 Å². The van der Waals surface area contributed by atoms with E-state index in [1.54, 1.807) is 12.4 Å². The zero-order valence-electron chi connectivity index (χ0n) is 14.2. The molecule has 5 nitrogen and oxygen atoms in total. The maximum absolute atomic E-state index is 10.4.